The van der Waals surface area contributed by atoms with Gasteiger partial charge in [0.25, 0.3) is 0 Å². The molecule has 6 nitrogen and oxygen atoms in total. The molecule has 1 aromatic rings. The van der Waals surface area contributed by atoms with Gasteiger partial charge in [0.15, 0.2) is 0 Å². The van der Waals surface area contributed by atoms with E-state index in [0.29, 0.717) is 19.4 Å². The van der Waals surface area contributed by atoms with Gasteiger partial charge in [-0.2, -0.15) is 0 Å². The van der Waals surface area contributed by atoms with Gasteiger partial charge < -0.3 is 20.5 Å². The molecule has 0 bridgehead atoms. The number of hydrogen-bond acceptors (Lipinski definition) is 3. The number of nitrogens with one attached hydrogen (secondary N) is 2. The van der Waals surface area contributed by atoms with Crippen LogP contribution in [0.5, 0.6) is 5.75 Å². The molecule has 0 saturated heterocycles. The van der Waals surface area contributed by atoms with E-state index in [1.165, 1.54) is 0 Å². The summed E-state index contributed by atoms with van der Waals surface area (Å²) in [5.41, 5.74) is 0.948. The van der Waals surface area contributed by atoms with Gasteiger partial charge in [-0.15, -0.1) is 0 Å². The van der Waals surface area contributed by atoms with Crippen LogP contribution in [0.3, 0.4) is 0 Å². The van der Waals surface area contributed by atoms with Crippen LogP contribution in [0.4, 0.5) is 4.79 Å². The monoisotopic (exact) mass is 292 g/mol. The summed E-state index contributed by atoms with van der Waals surface area (Å²) < 4.78 is 5.53. The zero-order valence-corrected chi connectivity index (χ0v) is 12.0. The van der Waals surface area contributed by atoms with Gasteiger partial charge in [-0.25, -0.2) is 4.79 Å². The van der Waals surface area contributed by atoms with Gasteiger partial charge in [0, 0.05) is 18.5 Å². The number of benzene rings is 1. The van der Waals surface area contributed by atoms with Crippen LogP contribution in [0, 0.1) is 5.92 Å². The number of carbonyl (C=O) groups is 2. The highest BCUT2D eigenvalue weighted by Gasteiger charge is 2.23. The van der Waals surface area contributed by atoms with Gasteiger partial charge in [0.05, 0.1) is 18.6 Å². The summed E-state index contributed by atoms with van der Waals surface area (Å²) in [7, 11) is 0. The molecule has 6 heteroatoms. The first kappa shape index (κ1) is 15.2. The average molecular weight is 292 g/mol. The molecule has 0 aromatic heterocycles. The molecule has 1 aliphatic heterocycles. The molecule has 1 heterocycles. The van der Waals surface area contributed by atoms with Crippen LogP contribution in [0.1, 0.15) is 31.4 Å². The third-order valence-corrected chi connectivity index (χ3v) is 3.61. The van der Waals surface area contributed by atoms with Crippen LogP contribution in [0.15, 0.2) is 24.3 Å². The Morgan fingerprint density at radius 3 is 2.90 bits per heavy atom. The minimum atomic E-state index is -0.894. The second-order valence-electron chi connectivity index (χ2n) is 5.03. The van der Waals surface area contributed by atoms with Crippen LogP contribution in [0.25, 0.3) is 0 Å². The number of fused-ring (bicyclic) bond motifs is 1. The van der Waals surface area contributed by atoms with Gasteiger partial charge in [0.2, 0.25) is 0 Å². The summed E-state index contributed by atoms with van der Waals surface area (Å²) in [6, 6.07) is 7.12. The second kappa shape index (κ2) is 6.97. The lowest BCUT2D eigenvalue weighted by atomic mass is 10.0. The van der Waals surface area contributed by atoms with E-state index in [9.17, 15) is 9.59 Å². The van der Waals surface area contributed by atoms with Crippen molar-refractivity contribution < 1.29 is 19.4 Å². The fourth-order valence-electron chi connectivity index (χ4n) is 2.32. The quantitative estimate of drug-likeness (QED) is 0.773. The molecule has 2 amide bonds. The molecule has 0 aliphatic carbocycles. The maximum Gasteiger partial charge on any atom is 0.315 e. The number of urea groups is 1. The predicted molar refractivity (Wildman–Crippen MR) is 77.2 cm³/mol. The van der Waals surface area contributed by atoms with Gasteiger partial charge in [0.1, 0.15) is 5.75 Å². The van der Waals surface area contributed by atoms with Crippen LogP contribution in [0.2, 0.25) is 0 Å². The van der Waals surface area contributed by atoms with Crippen LogP contribution in [-0.2, 0) is 4.79 Å². The molecule has 3 N–H and O–H groups in total. The van der Waals surface area contributed by atoms with Crippen molar-refractivity contribution >= 4 is 12.0 Å². The Bertz CT molecular complexity index is 518. The van der Waals surface area contributed by atoms with E-state index in [4.69, 9.17) is 9.84 Å². The molecule has 2 atom stereocenters. The molecule has 21 heavy (non-hydrogen) atoms. The van der Waals surface area contributed by atoms with Crippen molar-refractivity contribution in [3.05, 3.63) is 29.8 Å². The minimum absolute atomic E-state index is 0.111. The molecular weight excluding hydrogens is 272 g/mol. The number of rotatable bonds is 5. The van der Waals surface area contributed by atoms with E-state index in [-0.39, 0.29) is 18.6 Å². The van der Waals surface area contributed by atoms with Gasteiger partial charge in [-0.1, -0.05) is 25.1 Å². The summed E-state index contributed by atoms with van der Waals surface area (Å²) in [6.07, 6.45) is 1.18. The molecule has 0 fully saturated rings. The molecule has 0 radical (unpaired) electrons. The molecule has 114 valence electrons. The Balaban J connectivity index is 1.90. The maximum atomic E-state index is 11.9. The number of carbonyl (C=O) groups excluding carboxylic acids is 1. The smallest absolute Gasteiger partial charge is 0.315 e. The number of carboxylic acids is 1. The van der Waals surface area contributed by atoms with Gasteiger partial charge >= 0.3 is 12.0 Å². The molecule has 0 spiro atoms. The SMILES string of the molecule is CCC(CNC(=O)NC1CCOc2ccccc21)C(=O)O. The van der Waals surface area contributed by atoms with Crippen molar-refractivity contribution in [3.8, 4) is 5.75 Å². The molecule has 2 unspecified atom stereocenters. The lowest BCUT2D eigenvalue weighted by molar-refractivity contribution is -0.141. The van der Waals surface area contributed by atoms with Crippen molar-refractivity contribution in [1.29, 1.82) is 0 Å². The Labute approximate surface area is 123 Å². The highest BCUT2D eigenvalue weighted by atomic mass is 16.5. The van der Waals surface area contributed by atoms with Crippen LogP contribution in [-0.4, -0.2) is 30.3 Å². The highest BCUT2D eigenvalue weighted by Crippen LogP contribution is 2.31. The minimum Gasteiger partial charge on any atom is -0.493 e. The first-order chi connectivity index (χ1) is 10.1. The summed E-state index contributed by atoms with van der Waals surface area (Å²) in [5, 5.41) is 14.4. The Kier molecular flexibility index (Phi) is 5.03. The standard InChI is InChI=1S/C15H20N2O4/c1-2-10(14(18)19)9-16-15(20)17-12-7-8-21-13-6-4-3-5-11(12)13/h3-6,10,12H,2,7-9H2,1H3,(H,18,19)(H2,16,17,20). The van der Waals surface area contributed by atoms with Crippen molar-refractivity contribution in [2.45, 2.75) is 25.8 Å². The van der Waals surface area contributed by atoms with E-state index < -0.39 is 11.9 Å². The number of para-hydroxylation sites is 1. The summed E-state index contributed by atoms with van der Waals surface area (Å²) in [4.78, 5) is 22.8. The largest absolute Gasteiger partial charge is 0.493 e. The first-order valence-electron chi connectivity index (χ1n) is 7.10. The molecular formula is C15H20N2O4. The van der Waals surface area contributed by atoms with E-state index in [0.717, 1.165) is 11.3 Å². The van der Waals surface area contributed by atoms with Crippen molar-refractivity contribution in [2.24, 2.45) is 5.92 Å². The fraction of sp³-hybridized carbons (Fsp3) is 0.467. The molecule has 2 rings (SSSR count). The van der Waals surface area contributed by atoms with E-state index in [2.05, 4.69) is 10.6 Å². The van der Waals surface area contributed by atoms with E-state index in [1.54, 1.807) is 6.92 Å². The first-order valence-corrected chi connectivity index (χ1v) is 7.10. The van der Waals surface area contributed by atoms with E-state index in [1.807, 2.05) is 24.3 Å². The normalized spacial score (nSPS) is 18.0. The third-order valence-electron chi connectivity index (χ3n) is 3.61. The number of ether oxygens (including phenoxy) is 1. The Hall–Kier alpha value is -2.24. The molecule has 0 saturated carbocycles. The van der Waals surface area contributed by atoms with Gasteiger partial charge in [-0.05, 0) is 12.5 Å². The summed E-state index contributed by atoms with van der Waals surface area (Å²) >= 11 is 0. The predicted octanol–water partition coefficient (Wildman–Crippen LogP) is 1.92. The number of hydrogen-bond donors (Lipinski definition) is 3. The zero-order valence-electron chi connectivity index (χ0n) is 12.0. The topological polar surface area (TPSA) is 87.7 Å². The van der Waals surface area contributed by atoms with Crippen LogP contribution < -0.4 is 15.4 Å². The number of carboxylic acid groups (broad SMARTS) is 1. The highest BCUT2D eigenvalue weighted by molar-refractivity contribution is 5.76. The maximum absolute atomic E-state index is 11.9. The second-order valence-corrected chi connectivity index (χ2v) is 5.03. The molecule has 1 aliphatic rings. The van der Waals surface area contributed by atoms with E-state index >= 15 is 0 Å². The van der Waals surface area contributed by atoms with Crippen molar-refractivity contribution in [3.63, 3.8) is 0 Å². The summed E-state index contributed by atoms with van der Waals surface area (Å²) in [5.74, 6) is -0.669. The zero-order chi connectivity index (χ0) is 15.2. The third kappa shape index (κ3) is 3.87. The lowest BCUT2D eigenvalue weighted by Crippen LogP contribution is -2.42. The molecule has 1 aromatic carbocycles. The van der Waals surface area contributed by atoms with Crippen molar-refractivity contribution in [2.75, 3.05) is 13.2 Å². The van der Waals surface area contributed by atoms with Gasteiger partial charge in [-0.3, -0.25) is 4.79 Å². The fourth-order valence-corrected chi connectivity index (χ4v) is 2.32. The number of amides is 2. The Morgan fingerprint density at radius 2 is 2.19 bits per heavy atom. The van der Waals surface area contributed by atoms with Crippen LogP contribution >= 0.6 is 0 Å². The number of aliphatic carboxylic acids is 1. The Morgan fingerprint density at radius 1 is 1.43 bits per heavy atom. The average Bonchev–Trinajstić information content (AvgIpc) is 2.48. The van der Waals surface area contributed by atoms with Crippen molar-refractivity contribution in [1.82, 2.24) is 10.6 Å². The lowest BCUT2D eigenvalue weighted by Gasteiger charge is -2.26. The summed E-state index contributed by atoms with van der Waals surface area (Å²) in [6.45, 7) is 2.46.